The Hall–Kier alpha value is -0.770. The van der Waals surface area contributed by atoms with Gasteiger partial charge in [0.25, 0.3) is 0 Å². The summed E-state index contributed by atoms with van der Waals surface area (Å²) in [6, 6.07) is 0.705. The molecular weight excluding hydrogens is 202 g/mol. The zero-order valence-corrected chi connectivity index (χ0v) is 11.0. The number of likely N-dealkylation sites (N-methyl/N-ethyl adjacent to an activating group) is 1. The summed E-state index contributed by atoms with van der Waals surface area (Å²) in [4.78, 5) is 13.9. The summed E-state index contributed by atoms with van der Waals surface area (Å²) in [7, 11) is 0. The van der Waals surface area contributed by atoms with Crippen LogP contribution in [0.25, 0.3) is 0 Å². The average molecular weight is 227 g/mol. The Labute approximate surface area is 98.8 Å². The van der Waals surface area contributed by atoms with Crippen LogP contribution in [0.5, 0.6) is 0 Å². The summed E-state index contributed by atoms with van der Waals surface area (Å²) in [6.07, 6.45) is 2.64. The van der Waals surface area contributed by atoms with Crippen LogP contribution in [0.2, 0.25) is 0 Å². The summed E-state index contributed by atoms with van der Waals surface area (Å²) in [6.45, 7) is 10.9. The monoisotopic (exact) mass is 227 g/mol. The van der Waals surface area contributed by atoms with Gasteiger partial charge in [0.15, 0.2) is 0 Å². The lowest BCUT2D eigenvalue weighted by Crippen LogP contribution is -2.48. The molecule has 0 radical (unpaired) electrons. The van der Waals surface area contributed by atoms with Crippen molar-refractivity contribution in [3.8, 4) is 0 Å². The minimum Gasteiger partial charge on any atom is -0.337 e. The van der Waals surface area contributed by atoms with Crippen LogP contribution in [0.3, 0.4) is 0 Å². The highest BCUT2D eigenvalue weighted by Crippen LogP contribution is 2.25. The molecule has 0 atom stereocenters. The van der Waals surface area contributed by atoms with E-state index in [4.69, 9.17) is 0 Å². The molecule has 0 aromatic rings. The molecule has 1 fully saturated rings. The van der Waals surface area contributed by atoms with Gasteiger partial charge < -0.3 is 10.6 Å². The zero-order chi connectivity index (χ0) is 12.2. The maximum atomic E-state index is 11.5. The Kier molecular flexibility index (Phi) is 4.59. The molecule has 0 heterocycles. The molecule has 16 heavy (non-hydrogen) atoms. The van der Waals surface area contributed by atoms with E-state index in [1.165, 1.54) is 12.8 Å². The number of hydrogen-bond acceptors (Lipinski definition) is 2. The molecule has 1 aliphatic carbocycles. The van der Waals surface area contributed by atoms with E-state index in [9.17, 15) is 4.79 Å². The van der Waals surface area contributed by atoms with Crippen LogP contribution in [0.1, 0.15) is 40.5 Å². The minimum absolute atomic E-state index is 0.0700. The van der Waals surface area contributed by atoms with Crippen LogP contribution in [-0.4, -0.2) is 42.1 Å². The Morgan fingerprint density at radius 2 is 2.00 bits per heavy atom. The van der Waals surface area contributed by atoms with Crippen molar-refractivity contribution in [3.63, 3.8) is 0 Å². The summed E-state index contributed by atoms with van der Waals surface area (Å²) < 4.78 is 0. The van der Waals surface area contributed by atoms with Gasteiger partial charge in [-0.05, 0) is 40.2 Å². The molecule has 0 aromatic heterocycles. The van der Waals surface area contributed by atoms with Crippen LogP contribution in [-0.2, 0) is 0 Å². The first-order valence-corrected chi connectivity index (χ1v) is 6.22. The van der Waals surface area contributed by atoms with Crippen LogP contribution >= 0.6 is 0 Å². The van der Waals surface area contributed by atoms with Crippen molar-refractivity contribution in [2.45, 2.75) is 52.1 Å². The normalized spacial score (nSPS) is 16.3. The molecule has 0 spiro atoms. The number of nitrogens with zero attached hydrogens (tertiary/aromatic N) is 1. The van der Waals surface area contributed by atoms with Crippen molar-refractivity contribution in [2.24, 2.45) is 0 Å². The molecule has 0 bridgehead atoms. The molecule has 4 heteroatoms. The number of amides is 2. The molecule has 1 saturated carbocycles. The van der Waals surface area contributed by atoms with Gasteiger partial charge in [0.1, 0.15) is 0 Å². The number of carbonyl (C=O) groups excluding carboxylic acids is 1. The standard InChI is InChI=1S/C12H25N3O/c1-5-15(10-6-7-10)9-8-13-11(16)14-12(2,3)4/h10H,5-9H2,1-4H3,(H2,13,14,16). The number of hydrogen-bond donors (Lipinski definition) is 2. The molecule has 1 rings (SSSR count). The lowest BCUT2D eigenvalue weighted by atomic mass is 10.1. The third kappa shape index (κ3) is 5.35. The molecule has 0 aliphatic heterocycles. The Morgan fingerprint density at radius 3 is 2.44 bits per heavy atom. The predicted octanol–water partition coefficient (Wildman–Crippen LogP) is 1.57. The van der Waals surface area contributed by atoms with E-state index < -0.39 is 0 Å². The summed E-state index contributed by atoms with van der Waals surface area (Å²) in [5, 5.41) is 5.78. The number of carbonyl (C=O) groups is 1. The van der Waals surface area contributed by atoms with E-state index in [-0.39, 0.29) is 11.6 Å². The second-order valence-corrected chi connectivity index (χ2v) is 5.49. The first kappa shape index (κ1) is 13.3. The summed E-state index contributed by atoms with van der Waals surface area (Å²) in [5.41, 5.74) is -0.162. The SMILES string of the molecule is CCN(CCNC(=O)NC(C)(C)C)C1CC1. The van der Waals surface area contributed by atoms with Crippen LogP contribution in [0.4, 0.5) is 4.79 Å². The third-order valence-corrected chi connectivity index (χ3v) is 2.64. The summed E-state index contributed by atoms with van der Waals surface area (Å²) >= 11 is 0. The quantitative estimate of drug-likeness (QED) is 0.749. The fraction of sp³-hybridized carbons (Fsp3) is 0.917. The fourth-order valence-corrected chi connectivity index (χ4v) is 1.74. The molecule has 0 aromatic carbocycles. The predicted molar refractivity (Wildman–Crippen MR) is 66.6 cm³/mol. The van der Waals surface area contributed by atoms with Gasteiger partial charge in [-0.2, -0.15) is 0 Å². The Balaban J connectivity index is 2.12. The van der Waals surface area contributed by atoms with E-state index in [0.29, 0.717) is 0 Å². The van der Waals surface area contributed by atoms with Crippen molar-refractivity contribution in [1.82, 2.24) is 15.5 Å². The van der Waals surface area contributed by atoms with Crippen molar-refractivity contribution in [1.29, 1.82) is 0 Å². The summed E-state index contributed by atoms with van der Waals surface area (Å²) in [5.74, 6) is 0. The first-order chi connectivity index (χ1) is 7.42. The minimum atomic E-state index is -0.162. The van der Waals surface area contributed by atoms with E-state index in [1.807, 2.05) is 20.8 Å². The van der Waals surface area contributed by atoms with E-state index >= 15 is 0 Å². The number of rotatable bonds is 5. The van der Waals surface area contributed by atoms with Gasteiger partial charge in [0.05, 0.1) is 0 Å². The van der Waals surface area contributed by atoms with Gasteiger partial charge in [-0.1, -0.05) is 6.92 Å². The average Bonchev–Trinajstić information content (AvgIpc) is 2.92. The molecule has 2 amide bonds. The maximum Gasteiger partial charge on any atom is 0.315 e. The van der Waals surface area contributed by atoms with E-state index in [2.05, 4.69) is 22.5 Å². The van der Waals surface area contributed by atoms with Crippen molar-refractivity contribution in [3.05, 3.63) is 0 Å². The highest BCUT2D eigenvalue weighted by molar-refractivity contribution is 5.74. The molecule has 2 N–H and O–H groups in total. The molecule has 1 aliphatic rings. The molecule has 0 unspecified atom stereocenters. The second kappa shape index (κ2) is 5.53. The molecule has 0 saturated heterocycles. The lowest BCUT2D eigenvalue weighted by molar-refractivity contribution is 0.226. The Morgan fingerprint density at radius 1 is 1.38 bits per heavy atom. The molecule has 94 valence electrons. The number of nitrogens with one attached hydrogen (secondary N) is 2. The van der Waals surface area contributed by atoms with Crippen LogP contribution < -0.4 is 10.6 Å². The van der Waals surface area contributed by atoms with Gasteiger partial charge in [-0.3, -0.25) is 4.90 Å². The molecular formula is C12H25N3O. The van der Waals surface area contributed by atoms with Crippen molar-refractivity contribution < 1.29 is 4.79 Å². The second-order valence-electron chi connectivity index (χ2n) is 5.49. The van der Waals surface area contributed by atoms with Crippen LogP contribution in [0, 0.1) is 0 Å². The highest BCUT2D eigenvalue weighted by Gasteiger charge is 2.27. The van der Waals surface area contributed by atoms with E-state index in [0.717, 1.165) is 25.7 Å². The zero-order valence-electron chi connectivity index (χ0n) is 11.0. The van der Waals surface area contributed by atoms with E-state index in [1.54, 1.807) is 0 Å². The third-order valence-electron chi connectivity index (χ3n) is 2.64. The van der Waals surface area contributed by atoms with Gasteiger partial charge in [0.2, 0.25) is 0 Å². The molecule has 4 nitrogen and oxygen atoms in total. The smallest absolute Gasteiger partial charge is 0.315 e. The topological polar surface area (TPSA) is 44.4 Å². The van der Waals surface area contributed by atoms with Crippen molar-refractivity contribution >= 4 is 6.03 Å². The number of urea groups is 1. The van der Waals surface area contributed by atoms with Gasteiger partial charge in [-0.25, -0.2) is 4.79 Å². The van der Waals surface area contributed by atoms with Crippen LogP contribution in [0.15, 0.2) is 0 Å². The fourth-order valence-electron chi connectivity index (χ4n) is 1.74. The lowest BCUT2D eigenvalue weighted by Gasteiger charge is -2.23. The first-order valence-electron chi connectivity index (χ1n) is 6.22. The highest BCUT2D eigenvalue weighted by atomic mass is 16.2. The van der Waals surface area contributed by atoms with Crippen molar-refractivity contribution in [2.75, 3.05) is 19.6 Å². The Bertz CT molecular complexity index is 231. The van der Waals surface area contributed by atoms with Gasteiger partial charge >= 0.3 is 6.03 Å². The largest absolute Gasteiger partial charge is 0.337 e. The van der Waals surface area contributed by atoms with Gasteiger partial charge in [0, 0.05) is 24.7 Å². The van der Waals surface area contributed by atoms with Gasteiger partial charge in [-0.15, -0.1) is 0 Å². The maximum absolute atomic E-state index is 11.5.